The maximum atomic E-state index is 5.73. The van der Waals surface area contributed by atoms with E-state index in [1.807, 2.05) is 7.11 Å². The average molecular weight is 265 g/mol. The number of ether oxygens (including phenoxy) is 1. The molecule has 2 saturated heterocycles. The quantitative estimate of drug-likeness (QED) is 0.836. The van der Waals surface area contributed by atoms with Crippen molar-refractivity contribution in [3.05, 3.63) is 11.8 Å². The molecule has 2 aliphatic heterocycles. The molecule has 1 aromatic heterocycles. The van der Waals surface area contributed by atoms with Gasteiger partial charge in [0, 0.05) is 25.1 Å². The van der Waals surface area contributed by atoms with Gasteiger partial charge in [-0.15, -0.1) is 10.2 Å². The van der Waals surface area contributed by atoms with Gasteiger partial charge in [-0.1, -0.05) is 13.8 Å². The molecule has 1 unspecified atom stereocenters. The summed E-state index contributed by atoms with van der Waals surface area (Å²) >= 11 is 0. The van der Waals surface area contributed by atoms with Crippen LogP contribution in [-0.4, -0.2) is 40.4 Å². The zero-order valence-electron chi connectivity index (χ0n) is 12.0. The van der Waals surface area contributed by atoms with Gasteiger partial charge in [0.05, 0.1) is 12.6 Å². The molecule has 2 bridgehead atoms. The second-order valence-electron chi connectivity index (χ2n) is 6.08. The van der Waals surface area contributed by atoms with Crippen LogP contribution in [0.5, 0.6) is 0 Å². The number of nitrogens with zero attached hydrogens (tertiary/aromatic N) is 3. The van der Waals surface area contributed by atoms with Gasteiger partial charge in [-0.05, 0) is 25.7 Å². The van der Waals surface area contributed by atoms with E-state index in [4.69, 9.17) is 9.15 Å². The first-order valence-electron chi connectivity index (χ1n) is 7.28. The lowest BCUT2D eigenvalue weighted by Crippen LogP contribution is -2.44. The van der Waals surface area contributed by atoms with E-state index in [2.05, 4.69) is 28.9 Å². The molecule has 3 rings (SSSR count). The predicted molar refractivity (Wildman–Crippen MR) is 70.8 cm³/mol. The summed E-state index contributed by atoms with van der Waals surface area (Å²) in [4.78, 5) is 2.53. The Labute approximate surface area is 114 Å². The zero-order valence-corrected chi connectivity index (χ0v) is 12.0. The molecule has 0 saturated carbocycles. The lowest BCUT2D eigenvalue weighted by atomic mass is 10.00. The summed E-state index contributed by atoms with van der Waals surface area (Å²) in [5, 5.41) is 8.29. The molecule has 0 N–H and O–H groups in total. The second kappa shape index (κ2) is 5.21. The highest BCUT2D eigenvalue weighted by Crippen LogP contribution is 2.37. The summed E-state index contributed by atoms with van der Waals surface area (Å²) in [5.74, 6) is 1.81. The molecular formula is C14H23N3O2. The number of methoxy groups -OCH3 is 1. The molecule has 19 heavy (non-hydrogen) atoms. The zero-order chi connectivity index (χ0) is 13.4. The van der Waals surface area contributed by atoms with Crippen LogP contribution in [0, 0.1) is 0 Å². The first-order valence-corrected chi connectivity index (χ1v) is 7.28. The summed E-state index contributed by atoms with van der Waals surface area (Å²) in [7, 11) is 1.83. The van der Waals surface area contributed by atoms with Gasteiger partial charge in [0.25, 0.3) is 0 Å². The van der Waals surface area contributed by atoms with Crippen molar-refractivity contribution < 1.29 is 9.15 Å². The van der Waals surface area contributed by atoms with Crippen molar-refractivity contribution in [1.82, 2.24) is 15.1 Å². The third kappa shape index (κ3) is 2.54. The summed E-state index contributed by atoms with van der Waals surface area (Å²) in [6, 6.07) is 1.25. The highest BCUT2D eigenvalue weighted by atomic mass is 16.5. The predicted octanol–water partition coefficient (Wildman–Crippen LogP) is 2.33. The van der Waals surface area contributed by atoms with E-state index >= 15 is 0 Å². The van der Waals surface area contributed by atoms with Crippen molar-refractivity contribution in [2.75, 3.05) is 7.11 Å². The molecule has 0 aliphatic carbocycles. The number of hydrogen-bond donors (Lipinski definition) is 0. The van der Waals surface area contributed by atoms with E-state index < -0.39 is 0 Å². The summed E-state index contributed by atoms with van der Waals surface area (Å²) in [6.45, 7) is 4.95. The maximum Gasteiger partial charge on any atom is 0.230 e. The van der Waals surface area contributed by atoms with Gasteiger partial charge in [0.1, 0.15) is 0 Å². The normalized spacial score (nSPS) is 31.3. The molecule has 0 radical (unpaired) electrons. The monoisotopic (exact) mass is 265 g/mol. The Balaban J connectivity index is 1.67. The van der Waals surface area contributed by atoms with Gasteiger partial charge in [0.15, 0.2) is 0 Å². The highest BCUT2D eigenvalue weighted by molar-refractivity contribution is 4.97. The van der Waals surface area contributed by atoms with Crippen molar-refractivity contribution in [2.45, 2.75) is 70.2 Å². The Bertz CT molecular complexity index is 418. The fourth-order valence-corrected chi connectivity index (χ4v) is 3.39. The highest BCUT2D eigenvalue weighted by Gasteiger charge is 2.41. The van der Waals surface area contributed by atoms with Gasteiger partial charge >= 0.3 is 0 Å². The lowest BCUT2D eigenvalue weighted by Gasteiger charge is -2.37. The molecule has 0 amide bonds. The molecule has 5 nitrogen and oxygen atoms in total. The molecule has 3 atom stereocenters. The van der Waals surface area contributed by atoms with Gasteiger partial charge < -0.3 is 9.15 Å². The van der Waals surface area contributed by atoms with Crippen LogP contribution < -0.4 is 0 Å². The van der Waals surface area contributed by atoms with E-state index in [-0.39, 0.29) is 0 Å². The van der Waals surface area contributed by atoms with Gasteiger partial charge in [-0.2, -0.15) is 0 Å². The standard InChI is InChI=1S/C14H23N3O2/c1-9(2)14-16-15-13(19-14)8-17-10-4-5-11(17)7-12(6-10)18-3/h9-12H,4-8H2,1-3H3/t10-,11+,12?. The van der Waals surface area contributed by atoms with E-state index in [0.717, 1.165) is 31.2 Å². The largest absolute Gasteiger partial charge is 0.424 e. The number of fused-ring (bicyclic) bond motifs is 2. The van der Waals surface area contributed by atoms with E-state index in [0.29, 0.717) is 24.1 Å². The minimum Gasteiger partial charge on any atom is -0.424 e. The third-order valence-corrected chi connectivity index (χ3v) is 4.47. The summed E-state index contributed by atoms with van der Waals surface area (Å²) in [6.07, 6.45) is 5.25. The Hall–Kier alpha value is -0.940. The van der Waals surface area contributed by atoms with Gasteiger partial charge in [0.2, 0.25) is 11.8 Å². The van der Waals surface area contributed by atoms with Gasteiger partial charge in [-0.25, -0.2) is 0 Å². The topological polar surface area (TPSA) is 51.4 Å². The fraction of sp³-hybridized carbons (Fsp3) is 0.857. The van der Waals surface area contributed by atoms with Crippen molar-refractivity contribution in [1.29, 1.82) is 0 Å². The molecule has 1 aromatic rings. The molecule has 0 aromatic carbocycles. The van der Waals surface area contributed by atoms with E-state index in [9.17, 15) is 0 Å². The average Bonchev–Trinajstić information content (AvgIpc) is 2.93. The smallest absolute Gasteiger partial charge is 0.230 e. The van der Waals surface area contributed by atoms with E-state index in [1.54, 1.807) is 0 Å². The summed E-state index contributed by atoms with van der Waals surface area (Å²) in [5.41, 5.74) is 0. The Morgan fingerprint density at radius 2 is 1.95 bits per heavy atom. The Morgan fingerprint density at radius 1 is 1.26 bits per heavy atom. The maximum absolute atomic E-state index is 5.73. The summed E-state index contributed by atoms with van der Waals surface area (Å²) < 4.78 is 11.3. The number of rotatable bonds is 4. The second-order valence-corrected chi connectivity index (χ2v) is 6.08. The van der Waals surface area contributed by atoms with Crippen molar-refractivity contribution in [2.24, 2.45) is 0 Å². The Kier molecular flexibility index (Phi) is 3.58. The van der Waals surface area contributed by atoms with Gasteiger partial charge in [-0.3, -0.25) is 4.90 Å². The molecular weight excluding hydrogens is 242 g/mol. The fourth-order valence-electron chi connectivity index (χ4n) is 3.39. The molecule has 5 heteroatoms. The molecule has 3 heterocycles. The van der Waals surface area contributed by atoms with Crippen LogP contribution in [0.2, 0.25) is 0 Å². The first kappa shape index (κ1) is 13.1. The Morgan fingerprint density at radius 3 is 2.47 bits per heavy atom. The lowest BCUT2D eigenvalue weighted by molar-refractivity contribution is -0.000607. The van der Waals surface area contributed by atoms with Crippen molar-refractivity contribution >= 4 is 0 Å². The minimum absolute atomic E-state index is 0.303. The van der Waals surface area contributed by atoms with Crippen LogP contribution in [0.25, 0.3) is 0 Å². The SMILES string of the molecule is COC1C[C@H]2CC[C@@H](C1)N2Cc1nnc(C(C)C)o1. The first-order chi connectivity index (χ1) is 9.17. The molecule has 2 fully saturated rings. The van der Waals surface area contributed by atoms with E-state index in [1.165, 1.54) is 12.8 Å². The van der Waals surface area contributed by atoms with Crippen LogP contribution in [0.15, 0.2) is 4.42 Å². The van der Waals surface area contributed by atoms with Crippen LogP contribution in [0.3, 0.4) is 0 Å². The minimum atomic E-state index is 0.303. The number of piperidine rings is 1. The van der Waals surface area contributed by atoms with Crippen LogP contribution in [0.1, 0.15) is 57.2 Å². The molecule has 106 valence electrons. The molecule has 0 spiro atoms. The van der Waals surface area contributed by atoms with Crippen molar-refractivity contribution in [3.8, 4) is 0 Å². The van der Waals surface area contributed by atoms with Crippen LogP contribution >= 0.6 is 0 Å². The molecule has 2 aliphatic rings. The number of hydrogen-bond acceptors (Lipinski definition) is 5. The van der Waals surface area contributed by atoms with Crippen LogP contribution in [0.4, 0.5) is 0 Å². The van der Waals surface area contributed by atoms with Crippen LogP contribution in [-0.2, 0) is 11.3 Å². The van der Waals surface area contributed by atoms with Crippen molar-refractivity contribution in [3.63, 3.8) is 0 Å². The number of aromatic nitrogens is 2. The third-order valence-electron chi connectivity index (χ3n) is 4.47.